The zero-order valence-corrected chi connectivity index (χ0v) is 17.3. The standard InChI is InChI=1S/C23H23N3O2S/c1-3-13-29-22-18(14-24)19(17-11-8-12-25-15-17)20(23(27)28-4-2)21(26-22)16-9-6-5-7-10-16/h5-12,15,19,26H,3-4,13H2,1-2H3/t19-/m1/s1. The van der Waals surface area contributed by atoms with Crippen LogP contribution in [-0.2, 0) is 9.53 Å². The molecule has 5 nitrogen and oxygen atoms in total. The van der Waals surface area contributed by atoms with Gasteiger partial charge in [-0.25, -0.2) is 4.79 Å². The van der Waals surface area contributed by atoms with Crippen molar-refractivity contribution >= 4 is 23.4 Å². The molecule has 3 rings (SSSR count). The number of nitriles is 1. The first-order chi connectivity index (χ1) is 14.2. The van der Waals surface area contributed by atoms with Crippen molar-refractivity contribution in [1.29, 1.82) is 5.26 Å². The molecule has 1 atom stereocenters. The van der Waals surface area contributed by atoms with Crippen LogP contribution in [0.2, 0.25) is 0 Å². The number of hydrogen-bond acceptors (Lipinski definition) is 6. The number of allylic oxidation sites excluding steroid dienone is 1. The van der Waals surface area contributed by atoms with Crippen LogP contribution >= 0.6 is 11.8 Å². The summed E-state index contributed by atoms with van der Waals surface area (Å²) in [5.41, 5.74) is 3.28. The van der Waals surface area contributed by atoms with Gasteiger partial charge in [0.1, 0.15) is 0 Å². The fraction of sp³-hybridized carbons (Fsp3) is 0.261. The van der Waals surface area contributed by atoms with E-state index >= 15 is 0 Å². The van der Waals surface area contributed by atoms with E-state index < -0.39 is 11.9 Å². The second-order valence-corrected chi connectivity index (χ2v) is 7.53. The Morgan fingerprint density at radius 3 is 2.66 bits per heavy atom. The maximum Gasteiger partial charge on any atom is 0.337 e. The van der Waals surface area contributed by atoms with Crippen molar-refractivity contribution in [3.05, 3.63) is 82.2 Å². The quantitative estimate of drug-likeness (QED) is 0.678. The summed E-state index contributed by atoms with van der Waals surface area (Å²) in [6.45, 7) is 4.13. The average molecular weight is 406 g/mol. The van der Waals surface area contributed by atoms with Crippen LogP contribution < -0.4 is 5.32 Å². The molecule has 0 bridgehead atoms. The molecule has 1 aromatic carbocycles. The van der Waals surface area contributed by atoms with E-state index in [4.69, 9.17) is 4.74 Å². The van der Waals surface area contributed by atoms with Crippen LogP contribution in [0.15, 0.2) is 71.0 Å². The number of pyridine rings is 1. The van der Waals surface area contributed by atoms with Gasteiger partial charge in [-0.15, -0.1) is 11.8 Å². The monoisotopic (exact) mass is 405 g/mol. The molecule has 0 saturated carbocycles. The first-order valence-corrected chi connectivity index (χ1v) is 10.6. The predicted octanol–water partition coefficient (Wildman–Crippen LogP) is 4.62. The molecule has 1 N–H and O–H groups in total. The van der Waals surface area contributed by atoms with Crippen LogP contribution in [-0.4, -0.2) is 23.3 Å². The largest absolute Gasteiger partial charge is 0.463 e. The Morgan fingerprint density at radius 2 is 2.03 bits per heavy atom. The van der Waals surface area contributed by atoms with Gasteiger partial charge in [-0.2, -0.15) is 5.26 Å². The van der Waals surface area contributed by atoms with Crippen molar-refractivity contribution in [3.8, 4) is 6.07 Å². The van der Waals surface area contributed by atoms with E-state index in [9.17, 15) is 10.1 Å². The molecule has 6 heteroatoms. The van der Waals surface area contributed by atoms with Crippen molar-refractivity contribution < 1.29 is 9.53 Å². The van der Waals surface area contributed by atoms with E-state index in [0.717, 1.165) is 28.3 Å². The zero-order valence-electron chi connectivity index (χ0n) is 16.5. The number of dihydropyridines is 1. The van der Waals surface area contributed by atoms with Gasteiger partial charge in [0.25, 0.3) is 0 Å². The summed E-state index contributed by atoms with van der Waals surface area (Å²) in [4.78, 5) is 17.3. The number of carbonyl (C=O) groups is 1. The molecule has 148 valence electrons. The lowest BCUT2D eigenvalue weighted by atomic mass is 9.82. The molecule has 1 aromatic heterocycles. The van der Waals surface area contributed by atoms with E-state index in [2.05, 4.69) is 23.3 Å². The van der Waals surface area contributed by atoms with Gasteiger partial charge in [-0.3, -0.25) is 4.98 Å². The first-order valence-electron chi connectivity index (χ1n) is 9.61. The minimum Gasteiger partial charge on any atom is -0.463 e. The number of esters is 1. The van der Waals surface area contributed by atoms with Crippen molar-refractivity contribution in [2.45, 2.75) is 26.2 Å². The SMILES string of the molecule is CCCSC1=C(C#N)[C@@H](c2cccnc2)C(C(=O)OCC)=C(c2ccccc2)N1. The second-order valence-electron chi connectivity index (χ2n) is 6.42. The highest BCUT2D eigenvalue weighted by molar-refractivity contribution is 8.03. The Kier molecular flexibility index (Phi) is 7.09. The van der Waals surface area contributed by atoms with Gasteiger partial charge >= 0.3 is 5.97 Å². The van der Waals surface area contributed by atoms with Gasteiger partial charge in [0.05, 0.1) is 40.5 Å². The summed E-state index contributed by atoms with van der Waals surface area (Å²) < 4.78 is 5.40. The van der Waals surface area contributed by atoms with Crippen LogP contribution in [0.5, 0.6) is 0 Å². The third kappa shape index (κ3) is 4.52. The van der Waals surface area contributed by atoms with Gasteiger partial charge < -0.3 is 10.1 Å². The van der Waals surface area contributed by atoms with Gasteiger partial charge in [0.15, 0.2) is 0 Å². The lowest BCUT2D eigenvalue weighted by Gasteiger charge is -2.30. The fourth-order valence-corrected chi connectivity index (χ4v) is 4.14. The highest BCUT2D eigenvalue weighted by Crippen LogP contribution is 2.43. The highest BCUT2D eigenvalue weighted by Gasteiger charge is 2.37. The molecule has 0 aliphatic carbocycles. The lowest BCUT2D eigenvalue weighted by molar-refractivity contribution is -0.138. The minimum atomic E-state index is -0.538. The number of carbonyl (C=O) groups excluding carboxylic acids is 1. The van der Waals surface area contributed by atoms with Crippen LogP contribution in [0.3, 0.4) is 0 Å². The summed E-state index contributed by atoms with van der Waals surface area (Å²) >= 11 is 1.59. The highest BCUT2D eigenvalue weighted by atomic mass is 32.2. The van der Waals surface area contributed by atoms with Crippen molar-refractivity contribution in [2.24, 2.45) is 0 Å². The van der Waals surface area contributed by atoms with Crippen LogP contribution in [0.25, 0.3) is 5.70 Å². The molecule has 0 spiro atoms. The Balaban J connectivity index is 2.25. The molecular weight excluding hydrogens is 382 g/mol. The van der Waals surface area contributed by atoms with Crippen molar-refractivity contribution in [1.82, 2.24) is 10.3 Å². The molecule has 0 radical (unpaired) electrons. The Bertz CT molecular complexity index is 963. The smallest absolute Gasteiger partial charge is 0.337 e. The maximum absolute atomic E-state index is 13.1. The van der Waals surface area contributed by atoms with Gasteiger partial charge in [0.2, 0.25) is 0 Å². The molecule has 0 saturated heterocycles. The summed E-state index contributed by atoms with van der Waals surface area (Å²) in [6, 6.07) is 15.7. The number of benzene rings is 1. The van der Waals surface area contributed by atoms with Crippen LogP contribution in [0, 0.1) is 11.3 Å². The Labute approximate surface area is 175 Å². The molecule has 2 heterocycles. The molecule has 29 heavy (non-hydrogen) atoms. The minimum absolute atomic E-state index is 0.257. The molecule has 0 unspecified atom stereocenters. The van der Waals surface area contributed by atoms with E-state index in [1.165, 1.54) is 0 Å². The molecule has 0 amide bonds. The zero-order chi connectivity index (χ0) is 20.6. The van der Waals surface area contributed by atoms with E-state index in [-0.39, 0.29) is 6.61 Å². The molecule has 2 aromatic rings. The third-order valence-corrected chi connectivity index (χ3v) is 5.70. The number of hydrogen-bond donors (Lipinski definition) is 1. The van der Waals surface area contributed by atoms with E-state index in [1.54, 1.807) is 31.1 Å². The number of aromatic nitrogens is 1. The predicted molar refractivity (Wildman–Crippen MR) is 115 cm³/mol. The lowest BCUT2D eigenvalue weighted by Crippen LogP contribution is -2.29. The van der Waals surface area contributed by atoms with Crippen LogP contribution in [0.4, 0.5) is 0 Å². The molecule has 1 aliphatic rings. The third-order valence-electron chi connectivity index (χ3n) is 4.48. The summed E-state index contributed by atoms with van der Waals surface area (Å²) in [7, 11) is 0. The number of rotatable bonds is 7. The summed E-state index contributed by atoms with van der Waals surface area (Å²) in [5.74, 6) is -0.104. The van der Waals surface area contributed by atoms with Gasteiger partial charge in [0, 0.05) is 12.4 Å². The Morgan fingerprint density at radius 1 is 1.24 bits per heavy atom. The number of nitrogens with zero attached hydrogens (tertiary/aromatic N) is 2. The maximum atomic E-state index is 13.1. The first kappa shape index (κ1) is 20.7. The Hall–Kier alpha value is -3.04. The topological polar surface area (TPSA) is 75.0 Å². The molecule has 1 aliphatic heterocycles. The fourth-order valence-electron chi connectivity index (χ4n) is 3.24. The van der Waals surface area contributed by atoms with Crippen molar-refractivity contribution in [3.63, 3.8) is 0 Å². The number of ether oxygens (including phenoxy) is 1. The van der Waals surface area contributed by atoms with E-state index in [0.29, 0.717) is 16.8 Å². The number of thioether (sulfide) groups is 1. The number of nitrogens with one attached hydrogen (secondary N) is 1. The van der Waals surface area contributed by atoms with Gasteiger partial charge in [-0.1, -0.05) is 43.3 Å². The average Bonchev–Trinajstić information content (AvgIpc) is 2.77. The summed E-state index contributed by atoms with van der Waals surface area (Å²) in [6.07, 6.45) is 4.36. The van der Waals surface area contributed by atoms with Crippen molar-refractivity contribution in [2.75, 3.05) is 12.4 Å². The summed E-state index contributed by atoms with van der Waals surface area (Å²) in [5, 5.41) is 14.2. The normalized spacial score (nSPS) is 16.2. The van der Waals surface area contributed by atoms with Crippen LogP contribution in [0.1, 0.15) is 37.3 Å². The molecule has 0 fully saturated rings. The van der Waals surface area contributed by atoms with E-state index in [1.807, 2.05) is 42.5 Å². The molecular formula is C23H23N3O2S. The van der Waals surface area contributed by atoms with Gasteiger partial charge in [-0.05, 0) is 36.3 Å². The second kappa shape index (κ2) is 9.94.